The number of thioether (sulfide) groups is 1. The molecule has 3 heteroatoms. The number of fused-ring (bicyclic) bond motifs is 1. The van der Waals surface area contributed by atoms with Crippen molar-refractivity contribution < 1.29 is 0 Å². The van der Waals surface area contributed by atoms with Crippen LogP contribution in [0.15, 0.2) is 30.5 Å². The molecule has 0 amide bonds. The summed E-state index contributed by atoms with van der Waals surface area (Å²) in [6.07, 6.45) is 5.48. The second kappa shape index (κ2) is 4.62. The van der Waals surface area contributed by atoms with Gasteiger partial charge < -0.3 is 10.3 Å². The van der Waals surface area contributed by atoms with E-state index in [0.29, 0.717) is 0 Å². The van der Waals surface area contributed by atoms with Gasteiger partial charge in [0.05, 0.1) is 5.52 Å². The van der Waals surface area contributed by atoms with Crippen LogP contribution in [0.25, 0.3) is 10.9 Å². The SMILES string of the molecule is CSCCCn1ccc2c(N)cccc21. The molecule has 2 aromatic rings. The Kier molecular flexibility index (Phi) is 3.21. The second-order valence-electron chi connectivity index (χ2n) is 3.64. The van der Waals surface area contributed by atoms with Gasteiger partial charge in [0.25, 0.3) is 0 Å². The standard InChI is InChI=1S/C12H16N2S/c1-15-9-3-7-14-8-6-10-11(13)4-2-5-12(10)14/h2,4-6,8H,3,7,9,13H2,1H3. The van der Waals surface area contributed by atoms with Gasteiger partial charge in [-0.1, -0.05) is 6.07 Å². The predicted molar refractivity (Wildman–Crippen MR) is 69.3 cm³/mol. The highest BCUT2D eigenvalue weighted by molar-refractivity contribution is 7.98. The summed E-state index contributed by atoms with van der Waals surface area (Å²) in [5, 5.41) is 1.17. The minimum Gasteiger partial charge on any atom is -0.398 e. The summed E-state index contributed by atoms with van der Waals surface area (Å²) in [4.78, 5) is 0. The molecule has 0 aliphatic heterocycles. The first-order valence-corrected chi connectivity index (χ1v) is 6.54. The van der Waals surface area contributed by atoms with Crippen molar-refractivity contribution in [2.45, 2.75) is 13.0 Å². The monoisotopic (exact) mass is 220 g/mol. The Labute approximate surface area is 94.5 Å². The van der Waals surface area contributed by atoms with Gasteiger partial charge >= 0.3 is 0 Å². The molecule has 15 heavy (non-hydrogen) atoms. The van der Waals surface area contributed by atoms with Crippen LogP contribution in [0.1, 0.15) is 6.42 Å². The Morgan fingerprint density at radius 1 is 1.33 bits per heavy atom. The smallest absolute Gasteiger partial charge is 0.0501 e. The molecule has 0 radical (unpaired) electrons. The number of aromatic nitrogens is 1. The van der Waals surface area contributed by atoms with E-state index in [4.69, 9.17) is 5.73 Å². The lowest BCUT2D eigenvalue weighted by atomic mass is 10.2. The van der Waals surface area contributed by atoms with Crippen LogP contribution in [0.3, 0.4) is 0 Å². The number of hydrogen-bond donors (Lipinski definition) is 1. The number of nitrogens with zero attached hydrogens (tertiary/aromatic N) is 1. The fraction of sp³-hybridized carbons (Fsp3) is 0.333. The van der Waals surface area contributed by atoms with Crippen LogP contribution in [0, 0.1) is 0 Å². The van der Waals surface area contributed by atoms with Gasteiger partial charge in [0.15, 0.2) is 0 Å². The molecule has 80 valence electrons. The maximum absolute atomic E-state index is 5.91. The zero-order valence-corrected chi connectivity index (χ0v) is 9.76. The summed E-state index contributed by atoms with van der Waals surface area (Å²) in [5.74, 6) is 1.21. The fourth-order valence-corrected chi connectivity index (χ4v) is 2.24. The summed E-state index contributed by atoms with van der Waals surface area (Å²) in [7, 11) is 0. The van der Waals surface area contributed by atoms with Crippen molar-refractivity contribution in [2.24, 2.45) is 0 Å². The summed E-state index contributed by atoms with van der Waals surface area (Å²) < 4.78 is 2.28. The van der Waals surface area contributed by atoms with Gasteiger partial charge in [-0.15, -0.1) is 0 Å². The Morgan fingerprint density at radius 3 is 3.00 bits per heavy atom. The Hall–Kier alpha value is -1.09. The lowest BCUT2D eigenvalue weighted by Crippen LogP contribution is -1.97. The molecule has 0 spiro atoms. The Morgan fingerprint density at radius 2 is 2.20 bits per heavy atom. The number of nitrogens with two attached hydrogens (primary N) is 1. The van der Waals surface area contributed by atoms with Gasteiger partial charge in [-0.2, -0.15) is 11.8 Å². The topological polar surface area (TPSA) is 30.9 Å². The van der Waals surface area contributed by atoms with Gasteiger partial charge in [0.1, 0.15) is 0 Å². The first-order chi connectivity index (χ1) is 7.33. The first-order valence-electron chi connectivity index (χ1n) is 5.15. The average molecular weight is 220 g/mol. The van der Waals surface area contributed by atoms with E-state index in [0.717, 1.165) is 12.2 Å². The number of anilines is 1. The van der Waals surface area contributed by atoms with E-state index in [1.165, 1.54) is 23.1 Å². The van der Waals surface area contributed by atoms with Crippen LogP contribution in [0.4, 0.5) is 5.69 Å². The van der Waals surface area contributed by atoms with E-state index in [1.54, 1.807) is 0 Å². The molecule has 0 atom stereocenters. The molecule has 2 N–H and O–H groups in total. The van der Waals surface area contributed by atoms with Crippen LogP contribution in [-0.4, -0.2) is 16.6 Å². The zero-order valence-electron chi connectivity index (χ0n) is 8.94. The van der Waals surface area contributed by atoms with Crippen LogP contribution < -0.4 is 5.73 Å². The molecule has 0 fully saturated rings. The number of nitrogen functional groups attached to an aromatic ring is 1. The van der Waals surface area contributed by atoms with E-state index in [2.05, 4.69) is 29.2 Å². The van der Waals surface area contributed by atoms with Crippen molar-refractivity contribution in [1.29, 1.82) is 0 Å². The van der Waals surface area contributed by atoms with Crippen molar-refractivity contribution in [3.8, 4) is 0 Å². The second-order valence-corrected chi connectivity index (χ2v) is 4.62. The van der Waals surface area contributed by atoms with E-state index in [9.17, 15) is 0 Å². The van der Waals surface area contributed by atoms with Crippen molar-refractivity contribution in [3.63, 3.8) is 0 Å². The minimum absolute atomic E-state index is 0.871. The molecule has 0 bridgehead atoms. The summed E-state index contributed by atoms with van der Waals surface area (Å²) >= 11 is 1.89. The molecule has 1 heterocycles. The highest BCUT2D eigenvalue weighted by Gasteiger charge is 2.02. The van der Waals surface area contributed by atoms with E-state index in [-0.39, 0.29) is 0 Å². The van der Waals surface area contributed by atoms with Gasteiger partial charge in [-0.3, -0.25) is 0 Å². The molecule has 0 saturated carbocycles. The highest BCUT2D eigenvalue weighted by Crippen LogP contribution is 2.22. The Balaban J connectivity index is 2.25. The predicted octanol–water partition coefficient (Wildman–Crippen LogP) is 2.98. The third kappa shape index (κ3) is 2.12. The van der Waals surface area contributed by atoms with Gasteiger partial charge in [-0.05, 0) is 36.6 Å². The number of benzene rings is 1. The molecule has 2 rings (SSSR count). The van der Waals surface area contributed by atoms with Crippen molar-refractivity contribution in [1.82, 2.24) is 4.57 Å². The first kappa shape index (κ1) is 10.4. The minimum atomic E-state index is 0.871. The third-order valence-corrected chi connectivity index (χ3v) is 3.29. The number of aryl methyl sites for hydroxylation is 1. The zero-order chi connectivity index (χ0) is 10.7. The van der Waals surface area contributed by atoms with E-state index in [1.807, 2.05) is 23.9 Å². The Bertz CT molecular complexity index is 448. The van der Waals surface area contributed by atoms with Crippen molar-refractivity contribution in [3.05, 3.63) is 30.5 Å². The maximum atomic E-state index is 5.91. The molecule has 0 saturated heterocycles. The molecule has 1 aromatic heterocycles. The quantitative estimate of drug-likeness (QED) is 0.634. The molecular formula is C12H16N2S. The number of rotatable bonds is 4. The van der Waals surface area contributed by atoms with E-state index < -0.39 is 0 Å². The lowest BCUT2D eigenvalue weighted by molar-refractivity contribution is 0.709. The van der Waals surface area contributed by atoms with Gasteiger partial charge in [0.2, 0.25) is 0 Å². The van der Waals surface area contributed by atoms with E-state index >= 15 is 0 Å². The normalized spacial score (nSPS) is 11.0. The molecule has 0 aliphatic rings. The highest BCUT2D eigenvalue weighted by atomic mass is 32.2. The summed E-state index contributed by atoms with van der Waals surface area (Å²) in [6, 6.07) is 8.20. The van der Waals surface area contributed by atoms with Gasteiger partial charge in [0, 0.05) is 23.8 Å². The molecular weight excluding hydrogens is 204 g/mol. The van der Waals surface area contributed by atoms with Gasteiger partial charge in [-0.25, -0.2) is 0 Å². The van der Waals surface area contributed by atoms with Crippen molar-refractivity contribution >= 4 is 28.4 Å². The molecule has 0 aliphatic carbocycles. The average Bonchev–Trinajstić information content (AvgIpc) is 2.64. The largest absolute Gasteiger partial charge is 0.398 e. The van der Waals surface area contributed by atoms with Crippen molar-refractivity contribution in [2.75, 3.05) is 17.7 Å². The maximum Gasteiger partial charge on any atom is 0.0501 e. The van der Waals surface area contributed by atoms with Crippen LogP contribution in [0.2, 0.25) is 0 Å². The van der Waals surface area contributed by atoms with Crippen LogP contribution in [0.5, 0.6) is 0 Å². The third-order valence-electron chi connectivity index (χ3n) is 2.59. The summed E-state index contributed by atoms with van der Waals surface area (Å²) in [6.45, 7) is 1.08. The van der Waals surface area contributed by atoms with Crippen LogP contribution in [-0.2, 0) is 6.54 Å². The lowest BCUT2D eigenvalue weighted by Gasteiger charge is -2.04. The molecule has 1 aromatic carbocycles. The summed E-state index contributed by atoms with van der Waals surface area (Å²) in [5.41, 5.74) is 8.02. The van der Waals surface area contributed by atoms with Crippen LogP contribution >= 0.6 is 11.8 Å². The number of hydrogen-bond acceptors (Lipinski definition) is 2. The fourth-order valence-electron chi connectivity index (χ4n) is 1.82. The molecule has 2 nitrogen and oxygen atoms in total. The molecule has 0 unspecified atom stereocenters.